The summed E-state index contributed by atoms with van der Waals surface area (Å²) in [5.74, 6) is 0. The Labute approximate surface area is 106 Å². The van der Waals surface area contributed by atoms with Crippen LogP contribution in [0, 0.1) is 0 Å². The second kappa shape index (κ2) is 5.44. The zero-order valence-electron chi connectivity index (χ0n) is 10.9. The predicted molar refractivity (Wildman–Crippen MR) is 72.1 cm³/mol. The topological polar surface area (TPSA) is 59.4 Å². The number of aryl methyl sites for hydroxylation is 1. The molecule has 0 saturated carbocycles. The lowest BCUT2D eigenvalue weighted by atomic mass is 10.2. The highest BCUT2D eigenvalue weighted by Crippen LogP contribution is 2.19. The molecular weight excluding hydrogens is 226 g/mol. The van der Waals surface area contributed by atoms with Crippen LogP contribution in [0.2, 0.25) is 0 Å². The first-order valence-corrected chi connectivity index (χ1v) is 6.20. The molecular formula is C13H17N5. The van der Waals surface area contributed by atoms with Gasteiger partial charge in [0.1, 0.15) is 11.3 Å². The third-order valence-electron chi connectivity index (χ3n) is 2.56. The van der Waals surface area contributed by atoms with Crippen LogP contribution in [0.5, 0.6) is 0 Å². The molecule has 5 nitrogen and oxygen atoms in total. The molecule has 0 unspecified atom stereocenters. The fraction of sp³-hybridized carbons (Fsp3) is 0.308. The Morgan fingerprint density at radius 3 is 2.89 bits per heavy atom. The summed E-state index contributed by atoms with van der Waals surface area (Å²) in [6.07, 6.45) is 5.61. The van der Waals surface area contributed by atoms with Crippen molar-refractivity contribution in [2.45, 2.75) is 27.3 Å². The van der Waals surface area contributed by atoms with Gasteiger partial charge < -0.3 is 4.98 Å². The van der Waals surface area contributed by atoms with Gasteiger partial charge in [-0.25, -0.2) is 4.98 Å². The van der Waals surface area contributed by atoms with Gasteiger partial charge in [-0.1, -0.05) is 19.1 Å². The minimum absolute atomic E-state index is 0.826. The molecule has 0 aromatic carbocycles. The van der Waals surface area contributed by atoms with Crippen LogP contribution in [0.3, 0.4) is 0 Å². The Hall–Kier alpha value is -2.17. The van der Waals surface area contributed by atoms with Crippen LogP contribution in [-0.4, -0.2) is 25.0 Å². The highest BCUT2D eigenvalue weighted by atomic mass is 15.4. The van der Waals surface area contributed by atoms with E-state index in [0.717, 1.165) is 28.8 Å². The van der Waals surface area contributed by atoms with Gasteiger partial charge in [-0.2, -0.15) is 0 Å². The summed E-state index contributed by atoms with van der Waals surface area (Å²) in [6.45, 7) is 6.86. The average molecular weight is 243 g/mol. The summed E-state index contributed by atoms with van der Waals surface area (Å²) in [5, 5.41) is 9.21. The Balaban J connectivity index is 0.000000574. The summed E-state index contributed by atoms with van der Waals surface area (Å²) < 4.78 is 1.80. The maximum Gasteiger partial charge on any atom is 0.137 e. The van der Waals surface area contributed by atoms with Gasteiger partial charge in [0.05, 0.1) is 6.20 Å². The van der Waals surface area contributed by atoms with Crippen LogP contribution >= 0.6 is 0 Å². The Bertz CT molecular complexity index is 623. The SMILES string of the molecule is CC.CCn1cc(-c2cnc3[nH]ccc3c2)nn1. The van der Waals surface area contributed by atoms with E-state index < -0.39 is 0 Å². The lowest BCUT2D eigenvalue weighted by Gasteiger charge is -1.95. The van der Waals surface area contributed by atoms with Gasteiger partial charge in [0.25, 0.3) is 0 Å². The van der Waals surface area contributed by atoms with Crippen molar-refractivity contribution in [3.63, 3.8) is 0 Å². The van der Waals surface area contributed by atoms with Gasteiger partial charge in [-0.05, 0) is 19.1 Å². The number of hydrogen-bond donors (Lipinski definition) is 1. The summed E-state index contributed by atoms with van der Waals surface area (Å²) in [6, 6.07) is 4.05. The van der Waals surface area contributed by atoms with Crippen LogP contribution in [0.1, 0.15) is 20.8 Å². The number of hydrogen-bond acceptors (Lipinski definition) is 3. The van der Waals surface area contributed by atoms with E-state index >= 15 is 0 Å². The third-order valence-corrected chi connectivity index (χ3v) is 2.56. The van der Waals surface area contributed by atoms with E-state index in [-0.39, 0.29) is 0 Å². The largest absolute Gasteiger partial charge is 0.346 e. The van der Waals surface area contributed by atoms with Crippen LogP contribution < -0.4 is 0 Å². The quantitative estimate of drug-likeness (QED) is 0.752. The van der Waals surface area contributed by atoms with E-state index in [1.54, 1.807) is 4.68 Å². The van der Waals surface area contributed by atoms with Gasteiger partial charge in [-0.15, -0.1) is 5.10 Å². The molecule has 0 bridgehead atoms. The molecule has 1 N–H and O–H groups in total. The Morgan fingerprint density at radius 1 is 1.33 bits per heavy atom. The standard InChI is InChI=1S/C11H11N5.C2H6/c1-2-16-7-10(14-15-16)9-5-8-3-4-12-11(8)13-6-9;1-2/h3-7H,2H2,1H3,(H,12,13);1-2H3. The van der Waals surface area contributed by atoms with E-state index in [9.17, 15) is 0 Å². The average Bonchev–Trinajstić information content (AvgIpc) is 3.09. The molecule has 0 aliphatic rings. The molecule has 0 radical (unpaired) electrons. The molecule has 0 fully saturated rings. The number of fused-ring (bicyclic) bond motifs is 1. The number of pyridine rings is 1. The van der Waals surface area contributed by atoms with Crippen molar-refractivity contribution in [3.05, 3.63) is 30.7 Å². The molecule has 5 heteroatoms. The number of H-pyrrole nitrogens is 1. The Morgan fingerprint density at radius 2 is 2.17 bits per heavy atom. The summed E-state index contributed by atoms with van der Waals surface area (Å²) >= 11 is 0. The zero-order chi connectivity index (χ0) is 13.0. The van der Waals surface area contributed by atoms with Crippen LogP contribution in [0.4, 0.5) is 0 Å². The van der Waals surface area contributed by atoms with Gasteiger partial charge in [0.15, 0.2) is 0 Å². The molecule has 0 atom stereocenters. The second-order valence-electron chi connectivity index (χ2n) is 3.60. The number of rotatable bonds is 2. The Kier molecular flexibility index (Phi) is 3.72. The highest BCUT2D eigenvalue weighted by molar-refractivity contribution is 5.80. The first-order chi connectivity index (χ1) is 8.86. The molecule has 3 heterocycles. The number of nitrogens with one attached hydrogen (secondary N) is 1. The van der Waals surface area contributed by atoms with Crippen molar-refractivity contribution < 1.29 is 0 Å². The molecule has 18 heavy (non-hydrogen) atoms. The summed E-state index contributed by atoms with van der Waals surface area (Å²) in [5.41, 5.74) is 2.75. The summed E-state index contributed by atoms with van der Waals surface area (Å²) in [4.78, 5) is 7.38. The van der Waals surface area contributed by atoms with Crippen molar-refractivity contribution in [1.29, 1.82) is 0 Å². The molecule has 94 valence electrons. The van der Waals surface area contributed by atoms with E-state index in [0.29, 0.717) is 0 Å². The van der Waals surface area contributed by atoms with Crippen molar-refractivity contribution in [2.24, 2.45) is 0 Å². The van der Waals surface area contributed by atoms with Gasteiger partial charge in [0, 0.05) is 29.9 Å². The van der Waals surface area contributed by atoms with E-state index in [2.05, 4.69) is 26.3 Å². The number of aromatic nitrogens is 5. The lowest BCUT2D eigenvalue weighted by Crippen LogP contribution is -1.93. The maximum atomic E-state index is 4.32. The van der Waals surface area contributed by atoms with Crippen molar-refractivity contribution in [3.8, 4) is 11.3 Å². The van der Waals surface area contributed by atoms with Crippen LogP contribution in [-0.2, 0) is 6.54 Å². The molecule has 3 rings (SSSR count). The first kappa shape index (κ1) is 12.3. The molecule has 0 saturated heterocycles. The predicted octanol–water partition coefficient (Wildman–Crippen LogP) is 2.87. The number of nitrogens with zero attached hydrogens (tertiary/aromatic N) is 4. The van der Waals surface area contributed by atoms with Crippen molar-refractivity contribution in [1.82, 2.24) is 25.0 Å². The molecule has 0 spiro atoms. The van der Waals surface area contributed by atoms with Gasteiger partial charge >= 0.3 is 0 Å². The maximum absolute atomic E-state index is 4.32. The number of aromatic amines is 1. The molecule has 3 aromatic heterocycles. The lowest BCUT2D eigenvalue weighted by molar-refractivity contribution is 0.627. The van der Waals surface area contributed by atoms with E-state index in [4.69, 9.17) is 0 Å². The van der Waals surface area contributed by atoms with Crippen molar-refractivity contribution in [2.75, 3.05) is 0 Å². The minimum Gasteiger partial charge on any atom is -0.346 e. The smallest absolute Gasteiger partial charge is 0.137 e. The minimum atomic E-state index is 0.826. The van der Waals surface area contributed by atoms with Crippen molar-refractivity contribution >= 4 is 11.0 Å². The molecule has 0 aliphatic carbocycles. The normalized spacial score (nSPS) is 10.2. The molecule has 3 aromatic rings. The molecule has 0 amide bonds. The second-order valence-corrected chi connectivity index (χ2v) is 3.60. The fourth-order valence-electron chi connectivity index (χ4n) is 1.67. The third kappa shape index (κ3) is 2.25. The zero-order valence-corrected chi connectivity index (χ0v) is 10.9. The van der Waals surface area contributed by atoms with Crippen LogP contribution in [0.15, 0.2) is 30.7 Å². The van der Waals surface area contributed by atoms with Gasteiger partial charge in [0.2, 0.25) is 0 Å². The monoisotopic (exact) mass is 243 g/mol. The molecule has 0 aliphatic heterocycles. The summed E-state index contributed by atoms with van der Waals surface area (Å²) in [7, 11) is 0. The first-order valence-electron chi connectivity index (χ1n) is 6.20. The fourth-order valence-corrected chi connectivity index (χ4v) is 1.67. The van der Waals surface area contributed by atoms with E-state index in [1.165, 1.54) is 0 Å². The van der Waals surface area contributed by atoms with E-state index in [1.807, 2.05) is 45.4 Å². The van der Waals surface area contributed by atoms with Gasteiger partial charge in [-0.3, -0.25) is 4.68 Å². The highest BCUT2D eigenvalue weighted by Gasteiger charge is 2.05. The van der Waals surface area contributed by atoms with Crippen LogP contribution in [0.25, 0.3) is 22.3 Å².